The number of ether oxygens (including phenoxy) is 2. The number of piperidine rings is 1. The Balaban J connectivity index is 0.000000194. The maximum atomic E-state index is 14.0. The number of aryl methyl sites for hydroxylation is 1. The van der Waals surface area contributed by atoms with E-state index in [2.05, 4.69) is 62.5 Å². The average molecular weight is 1060 g/mol. The Morgan fingerprint density at radius 2 is 1.67 bits per heavy atom. The van der Waals surface area contributed by atoms with Gasteiger partial charge in [0.2, 0.25) is 11.8 Å². The molecule has 0 radical (unpaired) electrons. The lowest BCUT2D eigenvalue weighted by Crippen LogP contribution is -2.56. The van der Waals surface area contributed by atoms with Gasteiger partial charge in [-0.15, -0.1) is 11.3 Å². The number of methoxy groups -OCH3 is 1. The summed E-state index contributed by atoms with van der Waals surface area (Å²) in [5.41, 5.74) is 16.3. The lowest BCUT2D eigenvalue weighted by atomic mass is 9.69. The topological polar surface area (TPSA) is 157 Å². The molecule has 4 fully saturated rings. The van der Waals surface area contributed by atoms with E-state index >= 15 is 0 Å². The van der Waals surface area contributed by atoms with Crippen molar-refractivity contribution >= 4 is 45.7 Å². The molecule has 2 unspecified atom stereocenters. The summed E-state index contributed by atoms with van der Waals surface area (Å²) in [6, 6.07) is 19.6. The summed E-state index contributed by atoms with van der Waals surface area (Å²) in [5, 5.41) is 7.61. The molecule has 2 amide bonds. The fraction of sp³-hybridized carbons (Fsp3) is 0.550. The number of rotatable bonds is 14. The molecular weight excluding hydrogens is 980 g/mol. The monoisotopic (exact) mass is 1060 g/mol. The van der Waals surface area contributed by atoms with Gasteiger partial charge in [0, 0.05) is 25.6 Å². The summed E-state index contributed by atoms with van der Waals surface area (Å²) in [4.78, 5) is 55.3. The first-order chi connectivity index (χ1) is 36.2. The number of halogens is 1. The van der Waals surface area contributed by atoms with Crippen LogP contribution in [0.25, 0.3) is 27.0 Å². The number of aromatic nitrogens is 3. The van der Waals surface area contributed by atoms with Crippen LogP contribution in [0.4, 0.5) is 0 Å². The minimum atomic E-state index is -0.547. The molecular formula is C60H79ClN8O5S. The predicted octanol–water partition coefficient (Wildman–Crippen LogP) is 10.7. The highest BCUT2D eigenvalue weighted by molar-refractivity contribution is 7.13. The third-order valence-electron chi connectivity index (χ3n) is 16.8. The molecule has 2 aliphatic carbocycles. The molecule has 0 bridgehead atoms. The highest BCUT2D eigenvalue weighted by Crippen LogP contribution is 2.52. The summed E-state index contributed by atoms with van der Waals surface area (Å²) in [6.45, 7) is 12.2. The second-order valence-corrected chi connectivity index (χ2v) is 24.1. The molecule has 402 valence electrons. The molecule has 75 heavy (non-hydrogen) atoms. The van der Waals surface area contributed by atoms with Crippen LogP contribution in [0.5, 0.6) is 0 Å². The van der Waals surface area contributed by atoms with Gasteiger partial charge in [-0.3, -0.25) is 19.0 Å². The van der Waals surface area contributed by atoms with Gasteiger partial charge in [0.25, 0.3) is 5.56 Å². The Morgan fingerprint density at radius 3 is 2.36 bits per heavy atom. The summed E-state index contributed by atoms with van der Waals surface area (Å²) in [5.74, 6) is 1.65. The Kier molecular flexibility index (Phi) is 17.5. The molecule has 2 aromatic heterocycles. The first-order valence-corrected chi connectivity index (χ1v) is 28.9. The van der Waals surface area contributed by atoms with Crippen molar-refractivity contribution in [1.29, 1.82) is 0 Å². The zero-order valence-corrected chi connectivity index (χ0v) is 46.7. The largest absolute Gasteiger partial charge is 0.401 e. The molecule has 2 saturated carbocycles. The van der Waals surface area contributed by atoms with Crippen molar-refractivity contribution in [2.45, 2.75) is 147 Å². The Morgan fingerprint density at radius 1 is 0.933 bits per heavy atom. The van der Waals surface area contributed by atoms with Gasteiger partial charge in [-0.25, -0.2) is 4.98 Å². The van der Waals surface area contributed by atoms with Crippen molar-refractivity contribution in [3.8, 4) is 16.1 Å². The normalized spacial score (nSPS) is 20.1. The van der Waals surface area contributed by atoms with Crippen LogP contribution < -0.4 is 21.9 Å². The fourth-order valence-corrected chi connectivity index (χ4v) is 13.5. The van der Waals surface area contributed by atoms with E-state index in [1.807, 2.05) is 63.7 Å². The van der Waals surface area contributed by atoms with E-state index in [9.17, 15) is 14.4 Å². The van der Waals surface area contributed by atoms with Gasteiger partial charge in [-0.05, 0) is 136 Å². The SMILES string of the molecule is CN1CCC(c2ccc3c(c2)-n2c(nc(=O)c4c(Cl)cccc42)C32CCCCC2)CC1.COCCOC[C@H](NC(=O)C1CCCN1C(=O)C(N/C=C(\N)C1CCCCC1)C(C)(C)C)c1ccc(-c2scnc2C)cc1. The molecule has 10 rings (SSSR count). The first kappa shape index (κ1) is 54.7. The number of benzene rings is 3. The van der Waals surface area contributed by atoms with Gasteiger partial charge in [0.1, 0.15) is 17.9 Å². The number of hydrogen-bond acceptors (Lipinski definition) is 11. The van der Waals surface area contributed by atoms with E-state index < -0.39 is 12.1 Å². The lowest BCUT2D eigenvalue weighted by Gasteiger charge is -2.36. The van der Waals surface area contributed by atoms with Crippen LogP contribution in [0.15, 0.2) is 82.9 Å². The van der Waals surface area contributed by atoms with E-state index in [0.717, 1.165) is 83.9 Å². The van der Waals surface area contributed by atoms with Crippen molar-refractivity contribution in [1.82, 2.24) is 35.0 Å². The van der Waals surface area contributed by atoms with Gasteiger partial charge >= 0.3 is 0 Å². The molecule has 4 N–H and O–H groups in total. The number of hydrogen-bond donors (Lipinski definition) is 3. The van der Waals surface area contributed by atoms with Crippen LogP contribution in [-0.4, -0.2) is 102 Å². The van der Waals surface area contributed by atoms with Gasteiger partial charge in [-0.2, -0.15) is 4.98 Å². The zero-order chi connectivity index (χ0) is 52.9. The number of thiazole rings is 1. The van der Waals surface area contributed by atoms with Crippen molar-refractivity contribution in [3.63, 3.8) is 0 Å². The molecule has 5 heterocycles. The number of fused-ring (bicyclic) bond motifs is 7. The van der Waals surface area contributed by atoms with Crippen LogP contribution in [-0.2, 0) is 24.5 Å². The number of amides is 2. The molecule has 2 saturated heterocycles. The number of likely N-dealkylation sites (tertiary alicyclic amines) is 2. The second kappa shape index (κ2) is 24.0. The number of allylic oxidation sites excluding steroid dienone is 1. The minimum absolute atomic E-state index is 0.0694. The highest BCUT2D eigenvalue weighted by Gasteiger charge is 2.47. The zero-order valence-electron chi connectivity index (χ0n) is 45.1. The van der Waals surface area contributed by atoms with Crippen LogP contribution >= 0.6 is 22.9 Å². The Hall–Kier alpha value is -5.12. The maximum absolute atomic E-state index is 14.0. The van der Waals surface area contributed by atoms with Crippen molar-refractivity contribution < 1.29 is 19.1 Å². The first-order valence-electron chi connectivity index (χ1n) is 27.6. The molecule has 3 atom stereocenters. The average Bonchev–Trinajstić information content (AvgIpc) is 4.27. The number of nitrogens with zero attached hydrogens (tertiary/aromatic N) is 5. The second-order valence-electron chi connectivity index (χ2n) is 22.9. The van der Waals surface area contributed by atoms with Crippen LogP contribution in [0, 0.1) is 18.3 Å². The molecule has 13 nitrogen and oxygen atoms in total. The number of carbonyl (C=O) groups is 2. The predicted molar refractivity (Wildman–Crippen MR) is 302 cm³/mol. The third-order valence-corrected chi connectivity index (χ3v) is 18.1. The number of nitrogens with two attached hydrogens (primary N) is 1. The Bertz CT molecular complexity index is 2870. The van der Waals surface area contributed by atoms with Crippen LogP contribution in [0.3, 0.4) is 0 Å². The van der Waals surface area contributed by atoms with Gasteiger partial charge < -0.3 is 35.6 Å². The van der Waals surface area contributed by atoms with Crippen molar-refractivity contribution in [2.24, 2.45) is 17.1 Å². The van der Waals surface area contributed by atoms with E-state index in [1.54, 1.807) is 29.4 Å². The van der Waals surface area contributed by atoms with Gasteiger partial charge in [0.05, 0.1) is 69.0 Å². The number of carbonyl (C=O) groups excluding carboxylic acids is 2. The maximum Gasteiger partial charge on any atom is 0.282 e. The summed E-state index contributed by atoms with van der Waals surface area (Å²) < 4.78 is 13.3. The smallest absolute Gasteiger partial charge is 0.282 e. The van der Waals surface area contributed by atoms with E-state index in [1.165, 1.54) is 68.2 Å². The standard InChI is InChI=1S/C34H51N5O4S.C26H28ClN3O/c1-23-30(44-22-37-23)26-15-13-25(14-16-26)28(21-43-19-18-42-5)38-32(40)29-12-9-17-39(29)33(41)31(34(2,3)4)36-20-27(35)24-10-7-6-8-11-24;1-29-14-10-17(11-15-29)18-8-9-19-22(16-18)30-21-7-5-6-20(27)23(21)24(31)28-25(30)26(19)12-3-2-4-13-26/h13-16,20,22,24,28-29,31,36H,6-12,17-19,21,35H2,1-5H3,(H,38,40);5-9,16-17H,2-4,10-15H2,1H3/b27-20-;/t28-,29?,31?;/m0./s1. The van der Waals surface area contributed by atoms with Crippen molar-refractivity contribution in [2.75, 3.05) is 53.6 Å². The van der Waals surface area contributed by atoms with Gasteiger partial charge in [0.15, 0.2) is 0 Å². The molecule has 3 aromatic carbocycles. The molecule has 15 heteroatoms. The Labute approximate surface area is 453 Å². The van der Waals surface area contributed by atoms with E-state index in [-0.39, 0.29) is 34.2 Å². The molecule has 5 aromatic rings. The van der Waals surface area contributed by atoms with Gasteiger partial charge in [-0.1, -0.05) is 113 Å². The van der Waals surface area contributed by atoms with Crippen LogP contribution in [0.1, 0.15) is 151 Å². The highest BCUT2D eigenvalue weighted by atomic mass is 35.5. The van der Waals surface area contributed by atoms with E-state index in [4.69, 9.17) is 31.8 Å². The fourth-order valence-electron chi connectivity index (χ4n) is 12.5. The minimum Gasteiger partial charge on any atom is -0.401 e. The molecule has 1 spiro atoms. The lowest BCUT2D eigenvalue weighted by molar-refractivity contribution is -0.142. The van der Waals surface area contributed by atoms with Crippen molar-refractivity contribution in [3.05, 3.63) is 122 Å². The molecule has 5 aliphatic rings. The van der Waals surface area contributed by atoms with E-state index in [0.29, 0.717) is 55.0 Å². The quantitative estimate of drug-likeness (QED) is 0.0915. The van der Waals surface area contributed by atoms with Crippen LogP contribution in [0.2, 0.25) is 5.02 Å². The summed E-state index contributed by atoms with van der Waals surface area (Å²) in [7, 11) is 3.84. The summed E-state index contributed by atoms with van der Waals surface area (Å²) >= 11 is 8.09. The number of nitrogens with one attached hydrogen (secondary N) is 2. The third kappa shape index (κ3) is 11.9. The summed E-state index contributed by atoms with van der Waals surface area (Å²) in [6.07, 6.45) is 17.2. The molecule has 3 aliphatic heterocycles.